The van der Waals surface area contributed by atoms with Gasteiger partial charge in [0.05, 0.1) is 6.54 Å². The van der Waals surface area contributed by atoms with Crippen LogP contribution in [0.3, 0.4) is 0 Å². The summed E-state index contributed by atoms with van der Waals surface area (Å²) in [5.74, 6) is -1.68. The molecule has 0 aliphatic carbocycles. The van der Waals surface area contributed by atoms with E-state index in [0.29, 0.717) is 5.56 Å². The van der Waals surface area contributed by atoms with Crippen molar-refractivity contribution in [2.45, 2.75) is 12.7 Å². The molecule has 4 heteroatoms. The molecule has 1 aliphatic heterocycles. The van der Waals surface area contributed by atoms with Gasteiger partial charge in [0.25, 0.3) is 0 Å². The Kier molecular flexibility index (Phi) is 3.22. The first kappa shape index (κ1) is 10.7. The second kappa shape index (κ2) is 4.21. The molecule has 2 rings (SSSR count). The number of carbonyl (C=O) groups excluding carboxylic acids is 1. The predicted octanol–water partition coefficient (Wildman–Crippen LogP) is 0.455. The highest BCUT2D eigenvalue weighted by Gasteiger charge is 2.33. The maximum atomic E-state index is 9.34. The van der Waals surface area contributed by atoms with E-state index in [0.717, 1.165) is 12.0 Å². The lowest BCUT2D eigenvalue weighted by Crippen LogP contribution is -2.26. The molecule has 0 amide bonds. The Hall–Kier alpha value is -1.39. The number of anilines is 1. The molecule has 1 heterocycles. The van der Waals surface area contributed by atoms with E-state index in [1.54, 1.807) is 12.1 Å². The summed E-state index contributed by atoms with van der Waals surface area (Å²) in [6.45, 7) is 1.62. The van der Waals surface area contributed by atoms with Crippen molar-refractivity contribution in [3.8, 4) is 0 Å². The molecule has 0 fully saturated rings. The minimum Gasteiger partial charge on any atom is -0.379 e. The van der Waals surface area contributed by atoms with Gasteiger partial charge in [0.1, 0.15) is 6.29 Å². The molecule has 3 N–H and O–H groups in total. The molecule has 0 saturated carbocycles. The van der Waals surface area contributed by atoms with Gasteiger partial charge in [-0.25, -0.2) is 0 Å². The zero-order valence-electron chi connectivity index (χ0n) is 7.90. The molecule has 0 spiro atoms. The number of carbonyl (C=O) groups is 1. The smallest absolute Gasteiger partial charge is 0.209 e. The fraction of sp³-hybridized carbons (Fsp3) is 0.300. The fourth-order valence-corrected chi connectivity index (χ4v) is 1.30. The third-order valence-electron chi connectivity index (χ3n) is 1.88. The summed E-state index contributed by atoms with van der Waals surface area (Å²) >= 11 is 0. The first-order chi connectivity index (χ1) is 6.61. The Labute approximate surface area is 82.2 Å². The van der Waals surface area contributed by atoms with Gasteiger partial charge in [-0.3, -0.25) is 0 Å². The van der Waals surface area contributed by atoms with E-state index in [1.165, 1.54) is 6.92 Å². The van der Waals surface area contributed by atoms with Gasteiger partial charge in [0.2, 0.25) is 5.79 Å². The number of aldehydes is 1. The van der Waals surface area contributed by atoms with E-state index < -0.39 is 5.79 Å². The van der Waals surface area contributed by atoms with Crippen molar-refractivity contribution in [1.29, 1.82) is 0 Å². The van der Waals surface area contributed by atoms with Crippen molar-refractivity contribution >= 4 is 12.0 Å². The summed E-state index contributed by atoms with van der Waals surface area (Å²) < 4.78 is 0. The lowest BCUT2D eigenvalue weighted by molar-refractivity contribution is -0.151. The van der Waals surface area contributed by atoms with Crippen LogP contribution >= 0.6 is 0 Å². The Bertz CT molecular complexity index is 323. The SMILES string of the molecule is CC=O.OC1(O)CNc2ccccc21. The van der Waals surface area contributed by atoms with E-state index in [9.17, 15) is 10.2 Å². The van der Waals surface area contributed by atoms with Crippen LogP contribution in [0.1, 0.15) is 12.5 Å². The van der Waals surface area contributed by atoms with Crippen molar-refractivity contribution in [2.75, 3.05) is 11.9 Å². The number of hydrogen-bond acceptors (Lipinski definition) is 4. The van der Waals surface area contributed by atoms with E-state index in [4.69, 9.17) is 4.79 Å². The van der Waals surface area contributed by atoms with E-state index in [2.05, 4.69) is 5.32 Å². The maximum absolute atomic E-state index is 9.34. The first-order valence-electron chi connectivity index (χ1n) is 4.29. The summed E-state index contributed by atoms with van der Waals surface area (Å²) in [6, 6.07) is 7.17. The topological polar surface area (TPSA) is 69.6 Å². The highest BCUT2D eigenvalue weighted by molar-refractivity contribution is 5.57. The van der Waals surface area contributed by atoms with Crippen molar-refractivity contribution in [3.63, 3.8) is 0 Å². The van der Waals surface area contributed by atoms with Crippen LogP contribution in [0.5, 0.6) is 0 Å². The number of hydrogen-bond donors (Lipinski definition) is 3. The Morgan fingerprint density at radius 1 is 1.43 bits per heavy atom. The minimum atomic E-state index is -1.68. The number of rotatable bonds is 0. The number of fused-ring (bicyclic) bond motifs is 1. The van der Waals surface area contributed by atoms with Gasteiger partial charge < -0.3 is 20.3 Å². The molecule has 14 heavy (non-hydrogen) atoms. The van der Waals surface area contributed by atoms with Gasteiger partial charge in [0, 0.05) is 11.3 Å². The van der Waals surface area contributed by atoms with Crippen LogP contribution in [-0.4, -0.2) is 23.0 Å². The third kappa shape index (κ3) is 2.10. The van der Waals surface area contributed by atoms with Gasteiger partial charge in [-0.15, -0.1) is 0 Å². The molecule has 1 aliphatic rings. The Morgan fingerprint density at radius 2 is 2.00 bits per heavy atom. The van der Waals surface area contributed by atoms with Crippen LogP contribution in [0.25, 0.3) is 0 Å². The summed E-state index contributed by atoms with van der Waals surface area (Å²) in [7, 11) is 0. The molecule has 4 nitrogen and oxygen atoms in total. The number of nitrogens with one attached hydrogen (secondary N) is 1. The number of benzene rings is 1. The third-order valence-corrected chi connectivity index (χ3v) is 1.88. The molecule has 76 valence electrons. The van der Waals surface area contributed by atoms with Gasteiger partial charge in [-0.05, 0) is 13.0 Å². The molecule has 0 atom stereocenters. The summed E-state index contributed by atoms with van der Waals surface area (Å²) in [5, 5.41) is 21.6. The van der Waals surface area contributed by atoms with Crippen LogP contribution < -0.4 is 5.32 Å². The molecule has 0 unspecified atom stereocenters. The van der Waals surface area contributed by atoms with Gasteiger partial charge in [0.15, 0.2) is 0 Å². The van der Waals surface area contributed by atoms with Crippen LogP contribution in [-0.2, 0) is 10.6 Å². The highest BCUT2D eigenvalue weighted by atomic mass is 16.5. The van der Waals surface area contributed by atoms with Gasteiger partial charge in [-0.1, -0.05) is 18.2 Å². The first-order valence-corrected chi connectivity index (χ1v) is 4.29. The van der Waals surface area contributed by atoms with Gasteiger partial charge in [-0.2, -0.15) is 0 Å². The van der Waals surface area contributed by atoms with E-state index >= 15 is 0 Å². The molecule has 0 radical (unpaired) electrons. The van der Waals surface area contributed by atoms with E-state index in [-0.39, 0.29) is 6.54 Å². The monoisotopic (exact) mass is 195 g/mol. The summed E-state index contributed by atoms with van der Waals surface area (Å²) in [5.41, 5.74) is 1.36. The predicted molar refractivity (Wildman–Crippen MR) is 52.8 cm³/mol. The summed E-state index contributed by atoms with van der Waals surface area (Å²) in [4.78, 5) is 8.81. The minimum absolute atomic E-state index is 0.173. The standard InChI is InChI=1S/C8H9NO2.C2H4O/c10-8(11)5-9-7-4-2-1-3-6(7)8;1-2-3/h1-4,9-11H,5H2;2H,1H3. The molecule has 1 aromatic rings. The molecule has 1 aromatic carbocycles. The molecule has 0 aromatic heterocycles. The second-order valence-electron chi connectivity index (χ2n) is 2.95. The van der Waals surface area contributed by atoms with Crippen LogP contribution in [0.15, 0.2) is 24.3 Å². The largest absolute Gasteiger partial charge is 0.379 e. The fourth-order valence-electron chi connectivity index (χ4n) is 1.30. The second-order valence-corrected chi connectivity index (χ2v) is 2.95. The molecular weight excluding hydrogens is 182 g/mol. The van der Waals surface area contributed by atoms with Crippen molar-refractivity contribution in [3.05, 3.63) is 29.8 Å². The molecule has 0 saturated heterocycles. The lowest BCUT2D eigenvalue weighted by atomic mass is 10.1. The average Bonchev–Trinajstić information content (AvgIpc) is 2.45. The Morgan fingerprint density at radius 3 is 2.57 bits per heavy atom. The van der Waals surface area contributed by atoms with Crippen LogP contribution in [0.2, 0.25) is 0 Å². The number of β-amino-alcohol motifs (C(OH)–C–C–N with tert-alkyl or cyclic N) is 2. The van der Waals surface area contributed by atoms with Crippen LogP contribution in [0, 0.1) is 0 Å². The average molecular weight is 195 g/mol. The summed E-state index contributed by atoms with van der Waals surface area (Å²) in [6.07, 6.45) is 0.750. The Balaban J connectivity index is 0.000000293. The quantitative estimate of drug-likeness (QED) is 0.415. The van der Waals surface area contributed by atoms with Crippen molar-refractivity contribution in [2.24, 2.45) is 0 Å². The molecular formula is C10H13NO3. The lowest BCUT2D eigenvalue weighted by Gasteiger charge is -2.13. The van der Waals surface area contributed by atoms with Crippen molar-refractivity contribution < 1.29 is 15.0 Å². The maximum Gasteiger partial charge on any atom is 0.209 e. The number of para-hydroxylation sites is 1. The molecule has 0 bridgehead atoms. The zero-order chi connectivity index (χ0) is 10.6. The number of aliphatic hydroxyl groups is 2. The van der Waals surface area contributed by atoms with Crippen molar-refractivity contribution in [1.82, 2.24) is 0 Å². The van der Waals surface area contributed by atoms with E-state index in [1.807, 2.05) is 12.1 Å². The normalized spacial score (nSPS) is 15.9. The highest BCUT2D eigenvalue weighted by Crippen LogP contribution is 2.31. The van der Waals surface area contributed by atoms with Crippen LogP contribution in [0.4, 0.5) is 5.69 Å². The van der Waals surface area contributed by atoms with Gasteiger partial charge >= 0.3 is 0 Å². The zero-order valence-corrected chi connectivity index (χ0v) is 7.90.